The highest BCUT2D eigenvalue weighted by molar-refractivity contribution is 5.66. The lowest BCUT2D eigenvalue weighted by Crippen LogP contribution is -2.24. The Kier molecular flexibility index (Phi) is 4.78. The van der Waals surface area contributed by atoms with Crippen LogP contribution in [0.5, 0.6) is 0 Å². The van der Waals surface area contributed by atoms with Gasteiger partial charge in [0.05, 0.1) is 0 Å². The molecule has 2 heterocycles. The molecule has 1 amide bonds. The number of carbonyl (C=O) groups is 1. The van der Waals surface area contributed by atoms with E-state index in [0.29, 0.717) is 6.54 Å². The van der Waals surface area contributed by atoms with E-state index in [2.05, 4.69) is 5.32 Å². The minimum Gasteiger partial charge on any atom is -0.465 e. The molecule has 14 heavy (non-hydrogen) atoms. The highest BCUT2D eigenvalue weighted by atomic mass is 16.4. The van der Waals surface area contributed by atoms with Crippen molar-refractivity contribution in [3.63, 3.8) is 0 Å². The van der Waals surface area contributed by atoms with Crippen LogP contribution in [-0.4, -0.2) is 35.7 Å². The molecular weight excluding hydrogens is 180 g/mol. The van der Waals surface area contributed by atoms with Crippen molar-refractivity contribution < 1.29 is 9.90 Å². The fourth-order valence-corrected chi connectivity index (χ4v) is 1.23. The van der Waals surface area contributed by atoms with Crippen LogP contribution < -0.4 is 5.32 Å². The number of nitrogens with one attached hydrogen (secondary N) is 1. The molecule has 0 spiro atoms. The Bertz CT molecular complexity index is 225. The van der Waals surface area contributed by atoms with Gasteiger partial charge >= 0.3 is 6.09 Å². The average molecular weight is 196 g/mol. The van der Waals surface area contributed by atoms with Gasteiger partial charge in [-0.1, -0.05) is 12.2 Å². The van der Waals surface area contributed by atoms with E-state index in [-0.39, 0.29) is 0 Å². The molecule has 78 valence electrons. The topological polar surface area (TPSA) is 52.6 Å². The molecule has 0 unspecified atom stereocenters. The largest absolute Gasteiger partial charge is 0.465 e. The van der Waals surface area contributed by atoms with Crippen LogP contribution in [0, 0.1) is 0 Å². The smallest absolute Gasteiger partial charge is 0.411 e. The van der Waals surface area contributed by atoms with Crippen LogP contribution in [0.1, 0.15) is 12.8 Å². The summed E-state index contributed by atoms with van der Waals surface area (Å²) < 4.78 is 0. The lowest BCUT2D eigenvalue weighted by molar-refractivity contribution is 0.166. The first kappa shape index (κ1) is 10.8. The number of amides is 1. The number of nitrogens with zero attached hydrogens (tertiary/aromatic N) is 1. The van der Waals surface area contributed by atoms with Crippen LogP contribution in [-0.2, 0) is 0 Å². The predicted molar refractivity (Wildman–Crippen MR) is 55.1 cm³/mol. The second kappa shape index (κ2) is 6.21. The van der Waals surface area contributed by atoms with E-state index in [0.717, 1.165) is 0 Å². The highest BCUT2D eigenvalue weighted by Gasteiger charge is 2.05. The molecule has 0 atom stereocenters. The van der Waals surface area contributed by atoms with Crippen molar-refractivity contribution in [3.05, 3.63) is 24.4 Å². The number of allylic oxidation sites excluding steroid dienone is 2. The predicted octanol–water partition coefficient (Wildman–Crippen LogP) is 1.42. The fraction of sp³-hybridized carbons (Fsp3) is 0.500. The molecule has 0 aromatic rings. The van der Waals surface area contributed by atoms with Crippen molar-refractivity contribution in [3.8, 4) is 0 Å². The van der Waals surface area contributed by atoms with Crippen molar-refractivity contribution in [2.24, 2.45) is 0 Å². The first-order chi connectivity index (χ1) is 6.80. The van der Waals surface area contributed by atoms with Crippen LogP contribution in [0.2, 0.25) is 0 Å². The molecule has 2 aliphatic rings. The number of carboxylic acid groups (broad SMARTS) is 1. The van der Waals surface area contributed by atoms with E-state index in [1.807, 2.05) is 6.08 Å². The van der Waals surface area contributed by atoms with Gasteiger partial charge in [0.15, 0.2) is 0 Å². The molecule has 0 radical (unpaired) electrons. The Morgan fingerprint density at radius 1 is 1.29 bits per heavy atom. The van der Waals surface area contributed by atoms with Gasteiger partial charge in [0.2, 0.25) is 0 Å². The van der Waals surface area contributed by atoms with Crippen LogP contribution in [0.15, 0.2) is 24.4 Å². The maximum atomic E-state index is 10.2. The lowest BCUT2D eigenvalue weighted by atomic mass is 10.4. The molecule has 0 saturated carbocycles. The number of hydrogen-bond acceptors (Lipinski definition) is 2. The third kappa shape index (κ3) is 4.09. The zero-order valence-corrected chi connectivity index (χ0v) is 8.15. The minimum absolute atomic E-state index is 0.464. The van der Waals surface area contributed by atoms with Crippen molar-refractivity contribution in [2.45, 2.75) is 12.8 Å². The highest BCUT2D eigenvalue weighted by Crippen LogP contribution is 1.97. The molecule has 2 aliphatic heterocycles. The van der Waals surface area contributed by atoms with Crippen LogP contribution in [0.25, 0.3) is 0 Å². The zero-order chi connectivity index (χ0) is 10.2. The molecule has 1 fully saturated rings. The first-order valence-electron chi connectivity index (χ1n) is 4.84. The Balaban J connectivity index is 0.000000165. The average Bonchev–Trinajstić information content (AvgIpc) is 2.77. The standard InChI is InChI=1S/C6H7NO2.C4H9N/c8-6(9)7-4-2-1-3-5-7;1-2-4-5-3-1/h1-4H,5H2,(H,8,9);5H,1-4H2. The molecular formula is C10H16N2O2. The molecule has 0 aromatic carbocycles. The summed E-state index contributed by atoms with van der Waals surface area (Å²) in [6.45, 7) is 2.96. The van der Waals surface area contributed by atoms with Gasteiger partial charge < -0.3 is 10.4 Å². The summed E-state index contributed by atoms with van der Waals surface area (Å²) in [5.41, 5.74) is 0. The van der Waals surface area contributed by atoms with Crippen molar-refractivity contribution in [2.75, 3.05) is 19.6 Å². The van der Waals surface area contributed by atoms with Crippen molar-refractivity contribution >= 4 is 6.09 Å². The summed E-state index contributed by atoms with van der Waals surface area (Å²) in [5, 5.41) is 11.6. The van der Waals surface area contributed by atoms with Crippen LogP contribution >= 0.6 is 0 Å². The second-order valence-corrected chi connectivity index (χ2v) is 3.16. The van der Waals surface area contributed by atoms with Crippen LogP contribution in [0.3, 0.4) is 0 Å². The first-order valence-corrected chi connectivity index (χ1v) is 4.84. The molecule has 1 saturated heterocycles. The van der Waals surface area contributed by atoms with Gasteiger partial charge in [-0.15, -0.1) is 0 Å². The number of rotatable bonds is 0. The molecule has 0 aromatic heterocycles. The Morgan fingerprint density at radius 3 is 2.29 bits per heavy atom. The van der Waals surface area contributed by atoms with E-state index in [1.54, 1.807) is 12.2 Å². The van der Waals surface area contributed by atoms with E-state index in [4.69, 9.17) is 5.11 Å². The van der Waals surface area contributed by atoms with Crippen molar-refractivity contribution in [1.29, 1.82) is 0 Å². The van der Waals surface area contributed by atoms with Gasteiger partial charge in [0, 0.05) is 12.7 Å². The number of hydrogen-bond donors (Lipinski definition) is 2. The zero-order valence-electron chi connectivity index (χ0n) is 8.15. The maximum absolute atomic E-state index is 10.2. The van der Waals surface area contributed by atoms with E-state index in [1.165, 1.54) is 37.0 Å². The van der Waals surface area contributed by atoms with E-state index in [9.17, 15) is 4.79 Å². The molecule has 2 rings (SSSR count). The Morgan fingerprint density at radius 2 is 2.00 bits per heavy atom. The summed E-state index contributed by atoms with van der Waals surface area (Å²) >= 11 is 0. The van der Waals surface area contributed by atoms with Gasteiger partial charge in [0.25, 0.3) is 0 Å². The van der Waals surface area contributed by atoms with Gasteiger partial charge in [0.1, 0.15) is 0 Å². The van der Waals surface area contributed by atoms with Gasteiger partial charge in [-0.05, 0) is 32.0 Å². The summed E-state index contributed by atoms with van der Waals surface area (Å²) in [6, 6.07) is 0. The van der Waals surface area contributed by atoms with Gasteiger partial charge in [-0.2, -0.15) is 0 Å². The van der Waals surface area contributed by atoms with Gasteiger partial charge in [-0.3, -0.25) is 4.90 Å². The third-order valence-electron chi connectivity index (χ3n) is 2.02. The summed E-state index contributed by atoms with van der Waals surface area (Å²) in [7, 11) is 0. The monoisotopic (exact) mass is 196 g/mol. The van der Waals surface area contributed by atoms with E-state index < -0.39 is 6.09 Å². The summed E-state index contributed by atoms with van der Waals surface area (Å²) in [6.07, 6.45) is 8.70. The normalized spacial score (nSPS) is 19.0. The van der Waals surface area contributed by atoms with Crippen molar-refractivity contribution in [1.82, 2.24) is 10.2 Å². The Labute approximate surface area is 83.9 Å². The molecule has 0 aliphatic carbocycles. The van der Waals surface area contributed by atoms with Gasteiger partial charge in [-0.25, -0.2) is 4.79 Å². The summed E-state index contributed by atoms with van der Waals surface area (Å²) in [5.74, 6) is 0. The molecule has 0 bridgehead atoms. The summed E-state index contributed by atoms with van der Waals surface area (Å²) in [4.78, 5) is 11.4. The second-order valence-electron chi connectivity index (χ2n) is 3.16. The minimum atomic E-state index is -0.907. The third-order valence-corrected chi connectivity index (χ3v) is 2.02. The van der Waals surface area contributed by atoms with E-state index >= 15 is 0 Å². The quantitative estimate of drug-likeness (QED) is 0.616. The molecule has 4 heteroatoms. The molecule has 2 N–H and O–H groups in total. The van der Waals surface area contributed by atoms with Crippen LogP contribution in [0.4, 0.5) is 4.79 Å². The maximum Gasteiger partial charge on any atom is 0.411 e. The lowest BCUT2D eigenvalue weighted by Gasteiger charge is -2.12. The SMILES string of the molecule is C1CCNC1.O=C(O)N1C=CC=CC1. The fourth-order valence-electron chi connectivity index (χ4n) is 1.23. The molecule has 4 nitrogen and oxygen atoms in total. The Hall–Kier alpha value is -1.29.